The van der Waals surface area contributed by atoms with Gasteiger partial charge in [0.1, 0.15) is 12.0 Å². The Morgan fingerprint density at radius 1 is 1.41 bits per heavy atom. The molecule has 1 aliphatic rings. The molecular weight excluding hydrogens is 323 g/mol. The molecule has 22 heavy (non-hydrogen) atoms. The quantitative estimate of drug-likeness (QED) is 0.924. The van der Waals surface area contributed by atoms with E-state index in [0.29, 0.717) is 22.9 Å². The van der Waals surface area contributed by atoms with Gasteiger partial charge >= 0.3 is 0 Å². The first-order valence-corrected chi connectivity index (χ1v) is 7.41. The molecule has 1 saturated heterocycles. The highest BCUT2D eigenvalue weighted by atomic mass is 35.5. The summed E-state index contributed by atoms with van der Waals surface area (Å²) in [4.78, 5) is 14.5. The Hall–Kier alpha value is -1.49. The Kier molecular flexibility index (Phi) is 5.51. The third-order valence-corrected chi connectivity index (χ3v) is 4.22. The first-order chi connectivity index (χ1) is 10.2. The van der Waals surface area contributed by atoms with Crippen molar-refractivity contribution in [3.63, 3.8) is 0 Å². The smallest absolute Gasteiger partial charge is 0.257 e. The van der Waals surface area contributed by atoms with Crippen molar-refractivity contribution in [2.75, 3.05) is 6.54 Å². The first kappa shape index (κ1) is 16.9. The second-order valence-corrected chi connectivity index (χ2v) is 5.59. The van der Waals surface area contributed by atoms with E-state index in [4.69, 9.17) is 21.8 Å². The molecule has 1 unspecified atom stereocenters. The van der Waals surface area contributed by atoms with Crippen LogP contribution in [0.3, 0.4) is 0 Å². The third kappa shape index (κ3) is 3.14. The molecule has 4 nitrogen and oxygen atoms in total. The van der Waals surface area contributed by atoms with Crippen LogP contribution < -0.4 is 5.73 Å². The predicted octanol–water partition coefficient (Wildman–Crippen LogP) is 3.79. The molecule has 1 amide bonds. The number of benzene rings is 1. The first-order valence-electron chi connectivity index (χ1n) is 7.03. The monoisotopic (exact) mass is 340 g/mol. The van der Waals surface area contributed by atoms with E-state index in [1.807, 2.05) is 29.2 Å². The molecule has 2 N–H and O–H groups in total. The highest BCUT2D eigenvalue weighted by Gasteiger charge is 2.32. The summed E-state index contributed by atoms with van der Waals surface area (Å²) in [5, 5.41) is 0.706. The molecule has 2 aromatic rings. The van der Waals surface area contributed by atoms with Crippen LogP contribution >= 0.6 is 24.0 Å². The number of hydrogen-bond donors (Lipinski definition) is 1. The van der Waals surface area contributed by atoms with Crippen molar-refractivity contribution >= 4 is 29.9 Å². The van der Waals surface area contributed by atoms with Crippen LogP contribution in [-0.2, 0) is 6.54 Å². The molecule has 1 aromatic heterocycles. The molecule has 6 heteroatoms. The minimum Gasteiger partial charge on any atom is -0.467 e. The zero-order valence-corrected chi connectivity index (χ0v) is 13.6. The number of furan rings is 1. The summed E-state index contributed by atoms with van der Waals surface area (Å²) in [6, 6.07) is 9.44. The predicted molar refractivity (Wildman–Crippen MR) is 88.3 cm³/mol. The van der Waals surface area contributed by atoms with Gasteiger partial charge in [-0.05, 0) is 30.5 Å². The topological polar surface area (TPSA) is 59.5 Å². The van der Waals surface area contributed by atoms with Gasteiger partial charge in [0.15, 0.2) is 0 Å². The second-order valence-electron chi connectivity index (χ2n) is 5.18. The Morgan fingerprint density at radius 3 is 2.86 bits per heavy atom. The summed E-state index contributed by atoms with van der Waals surface area (Å²) in [7, 11) is 0. The molecule has 0 radical (unpaired) electrons. The van der Waals surface area contributed by atoms with E-state index in [-0.39, 0.29) is 24.4 Å². The lowest BCUT2D eigenvalue weighted by Crippen LogP contribution is -2.30. The van der Waals surface area contributed by atoms with E-state index in [1.54, 1.807) is 6.07 Å². The molecule has 1 aliphatic heterocycles. The van der Waals surface area contributed by atoms with Gasteiger partial charge in [-0.3, -0.25) is 4.79 Å². The fraction of sp³-hybridized carbons (Fsp3) is 0.312. The van der Waals surface area contributed by atoms with E-state index in [0.717, 1.165) is 24.9 Å². The average Bonchev–Trinajstić information content (AvgIpc) is 3.16. The van der Waals surface area contributed by atoms with Crippen molar-refractivity contribution in [3.05, 3.63) is 58.5 Å². The van der Waals surface area contributed by atoms with Crippen LogP contribution in [-0.4, -0.2) is 17.4 Å². The largest absolute Gasteiger partial charge is 0.467 e. The highest BCUT2D eigenvalue weighted by Crippen LogP contribution is 2.36. The summed E-state index contributed by atoms with van der Waals surface area (Å²) in [6.45, 7) is 1.03. The maximum Gasteiger partial charge on any atom is 0.257 e. The van der Waals surface area contributed by atoms with Crippen molar-refractivity contribution in [1.29, 1.82) is 0 Å². The molecule has 3 rings (SSSR count). The Morgan fingerprint density at radius 2 is 2.18 bits per heavy atom. The lowest BCUT2D eigenvalue weighted by Gasteiger charge is -2.25. The highest BCUT2D eigenvalue weighted by molar-refractivity contribution is 6.31. The van der Waals surface area contributed by atoms with Gasteiger partial charge in [-0.2, -0.15) is 0 Å². The maximum absolute atomic E-state index is 12.7. The van der Waals surface area contributed by atoms with E-state index < -0.39 is 0 Å². The molecular formula is C16H18Cl2N2O2. The molecule has 0 spiro atoms. The van der Waals surface area contributed by atoms with Crippen molar-refractivity contribution in [1.82, 2.24) is 4.90 Å². The van der Waals surface area contributed by atoms with Crippen LogP contribution in [0.5, 0.6) is 0 Å². The minimum atomic E-state index is -0.0270. The van der Waals surface area contributed by atoms with Crippen LogP contribution in [0, 0.1) is 0 Å². The average molecular weight is 341 g/mol. The Balaban J connectivity index is 0.00000176. The second kappa shape index (κ2) is 7.18. The standard InChI is InChI=1S/C16H17ClN2O2.ClH/c17-14-5-2-1-4-13(14)15-6-3-7-19(15)16(20)11-8-12(9-18)21-10-11;/h1-2,4-5,8,10,15H,3,6-7,9,18H2;1H. The van der Waals surface area contributed by atoms with Crippen LogP contribution in [0.2, 0.25) is 5.02 Å². The molecule has 1 fully saturated rings. The number of amides is 1. The number of rotatable bonds is 3. The number of carbonyl (C=O) groups is 1. The third-order valence-electron chi connectivity index (χ3n) is 3.88. The summed E-state index contributed by atoms with van der Waals surface area (Å²) in [5.74, 6) is 0.590. The van der Waals surface area contributed by atoms with Crippen LogP contribution in [0.4, 0.5) is 0 Å². The fourth-order valence-corrected chi connectivity index (χ4v) is 3.11. The summed E-state index contributed by atoms with van der Waals surface area (Å²) >= 11 is 6.27. The molecule has 118 valence electrons. The van der Waals surface area contributed by atoms with Crippen molar-refractivity contribution in [2.24, 2.45) is 5.73 Å². The van der Waals surface area contributed by atoms with Gasteiger partial charge in [0, 0.05) is 11.6 Å². The summed E-state index contributed by atoms with van der Waals surface area (Å²) in [5.41, 5.74) is 7.08. The number of nitrogens with zero attached hydrogens (tertiary/aromatic N) is 1. The van der Waals surface area contributed by atoms with Crippen LogP contribution in [0.25, 0.3) is 0 Å². The van der Waals surface area contributed by atoms with Gasteiger partial charge in [-0.15, -0.1) is 12.4 Å². The minimum absolute atomic E-state index is 0. The van der Waals surface area contributed by atoms with Gasteiger partial charge in [0.25, 0.3) is 5.91 Å². The van der Waals surface area contributed by atoms with E-state index in [1.165, 1.54) is 6.26 Å². The van der Waals surface area contributed by atoms with Crippen LogP contribution in [0.1, 0.15) is 40.6 Å². The molecule has 1 aromatic carbocycles. The SMILES string of the molecule is Cl.NCc1cc(C(=O)N2CCCC2c2ccccc2Cl)co1. The fourth-order valence-electron chi connectivity index (χ4n) is 2.84. The van der Waals surface area contributed by atoms with Crippen molar-refractivity contribution in [2.45, 2.75) is 25.4 Å². The maximum atomic E-state index is 12.7. The van der Waals surface area contributed by atoms with Gasteiger partial charge < -0.3 is 15.1 Å². The Labute approximate surface area is 140 Å². The zero-order valence-electron chi connectivity index (χ0n) is 12.0. The van der Waals surface area contributed by atoms with E-state index in [2.05, 4.69) is 0 Å². The van der Waals surface area contributed by atoms with Gasteiger partial charge in [-0.1, -0.05) is 29.8 Å². The summed E-state index contributed by atoms with van der Waals surface area (Å²) in [6.07, 6.45) is 3.38. The number of halogens is 2. The number of nitrogens with two attached hydrogens (primary N) is 1. The van der Waals surface area contributed by atoms with Gasteiger partial charge in [0.05, 0.1) is 18.2 Å². The van der Waals surface area contributed by atoms with E-state index in [9.17, 15) is 4.79 Å². The number of likely N-dealkylation sites (tertiary alicyclic amines) is 1. The molecule has 2 heterocycles. The lowest BCUT2D eigenvalue weighted by molar-refractivity contribution is 0.0735. The van der Waals surface area contributed by atoms with Crippen molar-refractivity contribution in [3.8, 4) is 0 Å². The zero-order chi connectivity index (χ0) is 14.8. The molecule has 0 bridgehead atoms. The van der Waals surface area contributed by atoms with Gasteiger partial charge in [-0.25, -0.2) is 0 Å². The molecule has 0 saturated carbocycles. The Bertz CT molecular complexity index is 657. The number of carbonyl (C=O) groups excluding carboxylic acids is 1. The lowest BCUT2D eigenvalue weighted by atomic mass is 10.0. The summed E-state index contributed by atoms with van der Waals surface area (Å²) < 4.78 is 5.26. The van der Waals surface area contributed by atoms with Crippen molar-refractivity contribution < 1.29 is 9.21 Å². The van der Waals surface area contributed by atoms with Crippen LogP contribution in [0.15, 0.2) is 41.0 Å². The van der Waals surface area contributed by atoms with E-state index >= 15 is 0 Å². The number of hydrogen-bond acceptors (Lipinski definition) is 3. The normalized spacial score (nSPS) is 17.4. The molecule has 0 aliphatic carbocycles. The van der Waals surface area contributed by atoms with Gasteiger partial charge in [0.2, 0.25) is 0 Å². The molecule has 1 atom stereocenters.